The van der Waals surface area contributed by atoms with E-state index in [4.69, 9.17) is 35.4 Å². The number of hydrogen-bond acceptors (Lipinski definition) is 3. The van der Waals surface area contributed by atoms with Gasteiger partial charge in [0.2, 0.25) is 10.0 Å². The number of benzene rings is 2. The van der Waals surface area contributed by atoms with Crippen molar-refractivity contribution >= 4 is 72.2 Å². The number of nitrogens with zero attached hydrogens (tertiary/aromatic N) is 2. The van der Waals surface area contributed by atoms with Crippen LogP contribution in [0.5, 0.6) is 0 Å². The normalized spacial score (nSPS) is 15.6. The van der Waals surface area contributed by atoms with Crippen molar-refractivity contribution in [1.82, 2.24) is 9.21 Å². The molecule has 0 amide bonds. The quantitative estimate of drug-likeness (QED) is 0.620. The summed E-state index contributed by atoms with van der Waals surface area (Å²) in [6.45, 7) is 1.68. The van der Waals surface area contributed by atoms with Crippen molar-refractivity contribution in [1.29, 1.82) is 0 Å². The number of hydrogen-bond donors (Lipinski definition) is 1. The molecule has 1 fully saturated rings. The van der Waals surface area contributed by atoms with Gasteiger partial charge in [0.15, 0.2) is 5.11 Å². The molecule has 1 saturated heterocycles. The highest BCUT2D eigenvalue weighted by molar-refractivity contribution is 9.10. The summed E-state index contributed by atoms with van der Waals surface area (Å²) in [6.07, 6.45) is 0. The van der Waals surface area contributed by atoms with Crippen molar-refractivity contribution in [3.8, 4) is 0 Å². The highest BCUT2D eigenvalue weighted by Gasteiger charge is 2.29. The summed E-state index contributed by atoms with van der Waals surface area (Å²) < 4.78 is 27.8. The van der Waals surface area contributed by atoms with E-state index in [1.807, 2.05) is 17.0 Å². The van der Waals surface area contributed by atoms with Crippen molar-refractivity contribution in [3.05, 3.63) is 57.0 Å². The fourth-order valence-corrected chi connectivity index (χ4v) is 5.23. The molecule has 0 atom stereocenters. The van der Waals surface area contributed by atoms with Crippen LogP contribution in [0.1, 0.15) is 0 Å². The van der Waals surface area contributed by atoms with Crippen LogP contribution in [0.25, 0.3) is 0 Å². The molecule has 0 saturated carbocycles. The van der Waals surface area contributed by atoms with E-state index in [9.17, 15) is 8.42 Å². The molecule has 144 valence electrons. The van der Waals surface area contributed by atoms with Crippen molar-refractivity contribution in [3.63, 3.8) is 0 Å². The second-order valence-electron chi connectivity index (χ2n) is 5.90. The predicted molar refractivity (Wildman–Crippen MR) is 117 cm³/mol. The first-order chi connectivity index (χ1) is 12.8. The van der Waals surface area contributed by atoms with Gasteiger partial charge in [-0.3, -0.25) is 0 Å². The Morgan fingerprint density at radius 1 is 1.04 bits per heavy atom. The van der Waals surface area contributed by atoms with E-state index in [1.54, 1.807) is 18.2 Å². The number of thiocarbonyl (C=S) groups is 1. The molecule has 1 N–H and O–H groups in total. The predicted octanol–water partition coefficient (Wildman–Crippen LogP) is 4.46. The molecular weight excluding hydrogens is 493 g/mol. The number of anilines is 1. The van der Waals surface area contributed by atoms with Crippen molar-refractivity contribution in [2.75, 3.05) is 31.5 Å². The molecule has 0 aromatic heterocycles. The second-order valence-corrected chi connectivity index (χ2v) is 9.98. The Morgan fingerprint density at radius 3 is 2.26 bits per heavy atom. The average Bonchev–Trinajstić information content (AvgIpc) is 2.64. The van der Waals surface area contributed by atoms with Gasteiger partial charge < -0.3 is 10.2 Å². The highest BCUT2D eigenvalue weighted by Crippen LogP contribution is 2.26. The third-order valence-corrected chi connectivity index (χ3v) is 7.48. The first-order valence-corrected chi connectivity index (χ1v) is 11.4. The molecule has 0 bridgehead atoms. The van der Waals surface area contributed by atoms with Gasteiger partial charge in [-0.2, -0.15) is 4.31 Å². The van der Waals surface area contributed by atoms with E-state index >= 15 is 0 Å². The summed E-state index contributed by atoms with van der Waals surface area (Å²) >= 11 is 20.9. The third-order valence-electron chi connectivity index (χ3n) is 4.15. The van der Waals surface area contributed by atoms with Crippen molar-refractivity contribution < 1.29 is 8.42 Å². The Kier molecular flexibility index (Phi) is 6.66. The van der Waals surface area contributed by atoms with E-state index < -0.39 is 10.0 Å². The summed E-state index contributed by atoms with van der Waals surface area (Å²) in [7, 11) is -3.54. The largest absolute Gasteiger partial charge is 0.346 e. The Hall–Kier alpha value is -0.900. The van der Waals surface area contributed by atoms with Crippen LogP contribution in [0.2, 0.25) is 10.0 Å². The van der Waals surface area contributed by atoms with Crippen molar-refractivity contribution in [2.24, 2.45) is 0 Å². The summed E-state index contributed by atoms with van der Waals surface area (Å²) in [4.78, 5) is 2.17. The Balaban J connectivity index is 1.62. The third kappa shape index (κ3) is 4.93. The number of piperazine rings is 1. The molecule has 27 heavy (non-hydrogen) atoms. The molecule has 1 heterocycles. The van der Waals surface area contributed by atoms with Gasteiger partial charge in [0.25, 0.3) is 0 Å². The average molecular weight is 509 g/mol. The van der Waals surface area contributed by atoms with Crippen LogP contribution in [0.3, 0.4) is 0 Å². The first-order valence-electron chi connectivity index (χ1n) is 8.04. The van der Waals surface area contributed by atoms with Gasteiger partial charge in [0.1, 0.15) is 0 Å². The van der Waals surface area contributed by atoms with E-state index in [2.05, 4.69) is 21.2 Å². The first kappa shape index (κ1) is 20.8. The van der Waals surface area contributed by atoms with Crippen LogP contribution in [0.15, 0.2) is 51.8 Å². The van der Waals surface area contributed by atoms with E-state index in [0.29, 0.717) is 47.0 Å². The number of nitrogens with one attached hydrogen (secondary N) is 1. The maximum atomic E-state index is 12.7. The zero-order valence-electron chi connectivity index (χ0n) is 14.0. The van der Waals surface area contributed by atoms with Gasteiger partial charge in [-0.05, 0) is 54.7 Å². The van der Waals surface area contributed by atoms with Gasteiger partial charge in [-0.25, -0.2) is 8.42 Å². The monoisotopic (exact) mass is 507 g/mol. The molecule has 1 aliphatic heterocycles. The second kappa shape index (κ2) is 8.63. The Bertz CT molecular complexity index is 947. The number of halogens is 3. The molecule has 2 aromatic carbocycles. The zero-order chi connectivity index (χ0) is 19.6. The van der Waals surface area contributed by atoms with E-state index in [-0.39, 0.29) is 4.90 Å². The lowest BCUT2D eigenvalue weighted by Crippen LogP contribution is -2.51. The minimum absolute atomic E-state index is 0.239. The van der Waals surface area contributed by atoms with Gasteiger partial charge in [0.05, 0.1) is 15.6 Å². The van der Waals surface area contributed by atoms with E-state index in [1.165, 1.54) is 16.4 Å². The molecule has 0 spiro atoms. The smallest absolute Gasteiger partial charge is 0.243 e. The van der Waals surface area contributed by atoms with Crippen molar-refractivity contribution in [2.45, 2.75) is 4.90 Å². The van der Waals surface area contributed by atoms with E-state index in [0.717, 1.165) is 4.47 Å². The number of sulfonamides is 1. The molecule has 1 aliphatic rings. The Labute approximate surface area is 182 Å². The van der Waals surface area contributed by atoms with Crippen LogP contribution in [0, 0.1) is 0 Å². The van der Waals surface area contributed by atoms with Gasteiger partial charge in [-0.15, -0.1) is 0 Å². The Morgan fingerprint density at radius 2 is 1.67 bits per heavy atom. The molecule has 0 radical (unpaired) electrons. The summed E-state index contributed by atoms with van der Waals surface area (Å²) in [5.74, 6) is 0. The molecule has 3 rings (SSSR count). The summed E-state index contributed by atoms with van der Waals surface area (Å²) in [6, 6.07) is 11.7. The van der Waals surface area contributed by atoms with Crippen LogP contribution in [-0.4, -0.2) is 48.9 Å². The van der Waals surface area contributed by atoms with Gasteiger partial charge in [-0.1, -0.05) is 39.1 Å². The summed E-state index contributed by atoms with van der Waals surface area (Å²) in [5.41, 5.74) is 0.709. The van der Waals surface area contributed by atoms with Gasteiger partial charge in [0, 0.05) is 35.7 Å². The standard InChI is InChI=1S/C17H16BrCl2N3O2S2/c18-12-1-6-16(15(20)11-12)21-17(26)22-7-9-23(10-8-22)27(24,25)14-4-2-13(19)3-5-14/h1-6,11H,7-10H2,(H,21,26). The molecular formula is C17H16BrCl2N3O2S2. The van der Waals surface area contributed by atoms with Crippen LogP contribution >= 0.6 is 51.3 Å². The zero-order valence-corrected chi connectivity index (χ0v) is 18.8. The molecule has 5 nitrogen and oxygen atoms in total. The molecule has 2 aromatic rings. The lowest BCUT2D eigenvalue weighted by atomic mass is 10.3. The maximum Gasteiger partial charge on any atom is 0.243 e. The SMILES string of the molecule is O=S(=O)(c1ccc(Cl)cc1)N1CCN(C(=S)Nc2ccc(Br)cc2Cl)CC1. The fraction of sp³-hybridized carbons (Fsp3) is 0.235. The lowest BCUT2D eigenvalue weighted by molar-refractivity contribution is 0.268. The fourth-order valence-electron chi connectivity index (χ4n) is 2.67. The molecule has 10 heteroatoms. The maximum absolute atomic E-state index is 12.7. The topological polar surface area (TPSA) is 52.7 Å². The van der Waals surface area contributed by atoms with Crippen LogP contribution in [-0.2, 0) is 10.0 Å². The van der Waals surface area contributed by atoms with Crippen LogP contribution in [0.4, 0.5) is 5.69 Å². The lowest BCUT2D eigenvalue weighted by Gasteiger charge is -2.35. The molecule has 0 aliphatic carbocycles. The highest BCUT2D eigenvalue weighted by atomic mass is 79.9. The summed E-state index contributed by atoms with van der Waals surface area (Å²) in [5, 5.41) is 4.69. The minimum Gasteiger partial charge on any atom is -0.346 e. The van der Waals surface area contributed by atoms with Gasteiger partial charge >= 0.3 is 0 Å². The van der Waals surface area contributed by atoms with Crippen LogP contribution < -0.4 is 5.32 Å². The number of rotatable bonds is 3. The molecule has 0 unspecified atom stereocenters. The minimum atomic E-state index is -3.54.